The molecule has 0 aliphatic rings. The van der Waals surface area contributed by atoms with Gasteiger partial charge >= 0.3 is 0 Å². The minimum Gasteiger partial charge on any atom is -0.497 e. The number of carbonyl (C=O) groups is 2. The third kappa shape index (κ3) is 7.25. The van der Waals surface area contributed by atoms with E-state index in [0.29, 0.717) is 17.9 Å². The van der Waals surface area contributed by atoms with Crippen LogP contribution in [0.25, 0.3) is 0 Å². The van der Waals surface area contributed by atoms with Crippen molar-refractivity contribution in [1.29, 1.82) is 0 Å². The summed E-state index contributed by atoms with van der Waals surface area (Å²) in [6, 6.07) is 10.5. The first kappa shape index (κ1) is 26.8. The molecule has 180 valence electrons. The Labute approximate surface area is 204 Å². The molecule has 0 unspecified atom stereocenters. The quantitative estimate of drug-likeness (QED) is 0.523. The van der Waals surface area contributed by atoms with Crippen LogP contribution < -0.4 is 14.4 Å². The van der Waals surface area contributed by atoms with E-state index in [4.69, 9.17) is 27.9 Å². The van der Waals surface area contributed by atoms with Gasteiger partial charge in [-0.25, -0.2) is 8.42 Å². The minimum atomic E-state index is -3.90. The average Bonchev–Trinajstić information content (AvgIpc) is 2.76. The monoisotopic (exact) mass is 515 g/mol. The number of nitrogens with zero attached hydrogens (tertiary/aromatic N) is 2. The lowest BCUT2D eigenvalue weighted by molar-refractivity contribution is -0.139. The molecule has 1 atom stereocenters. The molecule has 2 aromatic rings. The molecular formula is C22H27Cl2N3O5S. The lowest BCUT2D eigenvalue weighted by Crippen LogP contribution is -2.51. The molecular weight excluding hydrogens is 489 g/mol. The van der Waals surface area contributed by atoms with Crippen molar-refractivity contribution < 1.29 is 22.7 Å². The highest BCUT2D eigenvalue weighted by Crippen LogP contribution is 2.31. The van der Waals surface area contributed by atoms with Gasteiger partial charge in [0.1, 0.15) is 18.3 Å². The number of halogens is 2. The van der Waals surface area contributed by atoms with Crippen molar-refractivity contribution in [2.45, 2.75) is 26.4 Å². The molecule has 0 radical (unpaired) electrons. The van der Waals surface area contributed by atoms with Crippen LogP contribution in [0.5, 0.6) is 5.75 Å². The van der Waals surface area contributed by atoms with Gasteiger partial charge in [0.15, 0.2) is 0 Å². The predicted molar refractivity (Wildman–Crippen MR) is 130 cm³/mol. The van der Waals surface area contributed by atoms with Crippen molar-refractivity contribution in [1.82, 2.24) is 10.2 Å². The second kappa shape index (κ2) is 11.6. The highest BCUT2D eigenvalue weighted by Gasteiger charge is 2.30. The van der Waals surface area contributed by atoms with E-state index in [9.17, 15) is 18.0 Å². The van der Waals surface area contributed by atoms with Gasteiger partial charge in [0, 0.05) is 18.1 Å². The molecule has 2 rings (SSSR count). The standard InChI is InChI=1S/C22H27Cl2N3O5S/c1-5-25-22(29)15(2)26(13-16-7-6-8-18(11-16)32-3)21(28)14-27(33(4,30)31)20-12-17(23)9-10-19(20)24/h6-12,15H,5,13-14H2,1-4H3,(H,25,29)/t15-/m1/s1. The number of amides is 2. The number of anilines is 1. The van der Waals surface area contributed by atoms with Gasteiger partial charge in [0.05, 0.1) is 24.1 Å². The van der Waals surface area contributed by atoms with Gasteiger partial charge in [-0.2, -0.15) is 0 Å². The predicted octanol–water partition coefficient (Wildman–Crippen LogP) is 3.32. The molecule has 8 nitrogen and oxygen atoms in total. The maximum absolute atomic E-state index is 13.4. The number of sulfonamides is 1. The van der Waals surface area contributed by atoms with Gasteiger partial charge in [-0.3, -0.25) is 13.9 Å². The Balaban J connectivity index is 2.44. The lowest BCUT2D eigenvalue weighted by atomic mass is 10.1. The summed E-state index contributed by atoms with van der Waals surface area (Å²) in [5.41, 5.74) is 0.789. The summed E-state index contributed by atoms with van der Waals surface area (Å²) in [6.07, 6.45) is 0.969. The van der Waals surface area contributed by atoms with Crippen LogP contribution in [-0.4, -0.2) is 57.6 Å². The molecule has 0 aliphatic carbocycles. The summed E-state index contributed by atoms with van der Waals surface area (Å²) in [5, 5.41) is 3.08. The Morgan fingerprint density at radius 3 is 2.45 bits per heavy atom. The van der Waals surface area contributed by atoms with Gasteiger partial charge < -0.3 is 15.0 Å². The summed E-state index contributed by atoms with van der Waals surface area (Å²) in [7, 11) is -2.38. The number of ether oxygens (including phenoxy) is 1. The summed E-state index contributed by atoms with van der Waals surface area (Å²) in [4.78, 5) is 27.3. The first-order valence-corrected chi connectivity index (χ1v) is 12.7. The average molecular weight is 516 g/mol. The highest BCUT2D eigenvalue weighted by atomic mass is 35.5. The second-order valence-electron chi connectivity index (χ2n) is 7.31. The number of hydrogen-bond donors (Lipinski definition) is 1. The molecule has 0 saturated carbocycles. The molecule has 1 N–H and O–H groups in total. The van der Waals surface area contributed by atoms with Crippen molar-refractivity contribution in [3.63, 3.8) is 0 Å². The summed E-state index contributed by atoms with van der Waals surface area (Å²) in [6.45, 7) is 3.24. The maximum Gasteiger partial charge on any atom is 0.244 e. The van der Waals surface area contributed by atoms with Gasteiger partial charge in [0.25, 0.3) is 0 Å². The summed E-state index contributed by atoms with van der Waals surface area (Å²) < 4.78 is 31.2. The number of likely N-dealkylation sites (N-methyl/N-ethyl adjacent to an activating group) is 1. The van der Waals surface area contributed by atoms with Crippen LogP contribution >= 0.6 is 23.2 Å². The molecule has 0 heterocycles. The van der Waals surface area contributed by atoms with E-state index >= 15 is 0 Å². The third-order valence-corrected chi connectivity index (χ3v) is 6.54. The number of nitrogens with one attached hydrogen (secondary N) is 1. The summed E-state index contributed by atoms with van der Waals surface area (Å²) in [5.74, 6) is -0.354. The van der Waals surface area contributed by atoms with E-state index in [2.05, 4.69) is 5.32 Å². The molecule has 0 aromatic heterocycles. The van der Waals surface area contributed by atoms with Gasteiger partial charge in [-0.05, 0) is 49.7 Å². The van der Waals surface area contributed by atoms with E-state index in [1.54, 1.807) is 38.1 Å². The smallest absolute Gasteiger partial charge is 0.244 e. The Morgan fingerprint density at radius 1 is 1.15 bits per heavy atom. The fourth-order valence-electron chi connectivity index (χ4n) is 3.14. The molecule has 11 heteroatoms. The van der Waals surface area contributed by atoms with Gasteiger partial charge in [-0.1, -0.05) is 35.3 Å². The highest BCUT2D eigenvalue weighted by molar-refractivity contribution is 7.92. The number of carbonyl (C=O) groups excluding carboxylic acids is 2. The van der Waals surface area contributed by atoms with E-state index in [1.165, 1.54) is 30.2 Å². The van der Waals surface area contributed by atoms with E-state index in [0.717, 1.165) is 10.6 Å². The van der Waals surface area contributed by atoms with Crippen molar-refractivity contribution in [3.8, 4) is 5.75 Å². The van der Waals surface area contributed by atoms with E-state index in [1.807, 2.05) is 0 Å². The van der Waals surface area contributed by atoms with Crippen LogP contribution in [0.3, 0.4) is 0 Å². The molecule has 0 bridgehead atoms. The van der Waals surface area contributed by atoms with Gasteiger partial charge in [0.2, 0.25) is 21.8 Å². The number of methoxy groups -OCH3 is 1. The van der Waals surface area contributed by atoms with Crippen molar-refractivity contribution in [2.75, 3.05) is 30.8 Å². The lowest BCUT2D eigenvalue weighted by Gasteiger charge is -2.31. The SMILES string of the molecule is CCNC(=O)[C@@H](C)N(Cc1cccc(OC)c1)C(=O)CN(c1cc(Cl)ccc1Cl)S(C)(=O)=O. The van der Waals surface area contributed by atoms with Crippen molar-refractivity contribution in [2.24, 2.45) is 0 Å². The van der Waals surface area contributed by atoms with Crippen LogP contribution in [0.1, 0.15) is 19.4 Å². The zero-order valence-corrected chi connectivity index (χ0v) is 21.2. The molecule has 0 aliphatic heterocycles. The molecule has 0 fully saturated rings. The Kier molecular flexibility index (Phi) is 9.39. The van der Waals surface area contributed by atoms with E-state index in [-0.39, 0.29) is 28.2 Å². The second-order valence-corrected chi connectivity index (χ2v) is 10.1. The topological polar surface area (TPSA) is 96.0 Å². The minimum absolute atomic E-state index is 0.0647. The van der Waals surface area contributed by atoms with Crippen LogP contribution in [0.4, 0.5) is 5.69 Å². The third-order valence-electron chi connectivity index (χ3n) is 4.86. The van der Waals surface area contributed by atoms with Crippen LogP contribution in [0.15, 0.2) is 42.5 Å². The number of benzene rings is 2. The van der Waals surface area contributed by atoms with E-state index < -0.39 is 28.5 Å². The first-order valence-electron chi connectivity index (χ1n) is 10.1. The Bertz CT molecular complexity index is 1110. The van der Waals surface area contributed by atoms with Crippen LogP contribution in [0.2, 0.25) is 10.0 Å². The Morgan fingerprint density at radius 2 is 1.85 bits per heavy atom. The first-order chi connectivity index (χ1) is 15.5. The normalized spacial score (nSPS) is 12.1. The van der Waals surface area contributed by atoms with Crippen molar-refractivity contribution in [3.05, 3.63) is 58.1 Å². The molecule has 0 saturated heterocycles. The summed E-state index contributed by atoms with van der Waals surface area (Å²) >= 11 is 12.2. The molecule has 2 amide bonds. The maximum atomic E-state index is 13.4. The molecule has 0 spiro atoms. The Hall–Kier alpha value is -2.49. The largest absolute Gasteiger partial charge is 0.497 e. The number of hydrogen-bond acceptors (Lipinski definition) is 5. The van der Waals surface area contributed by atoms with Crippen LogP contribution in [-0.2, 0) is 26.2 Å². The van der Waals surface area contributed by atoms with Crippen LogP contribution in [0, 0.1) is 0 Å². The number of rotatable bonds is 10. The molecule has 33 heavy (non-hydrogen) atoms. The zero-order valence-electron chi connectivity index (χ0n) is 18.8. The fourth-order valence-corrected chi connectivity index (χ4v) is 4.43. The van der Waals surface area contributed by atoms with Gasteiger partial charge in [-0.15, -0.1) is 0 Å². The fraction of sp³-hybridized carbons (Fsp3) is 0.364. The molecule has 2 aromatic carbocycles. The zero-order chi connectivity index (χ0) is 24.8. The van der Waals surface area contributed by atoms with Crippen molar-refractivity contribution >= 4 is 50.7 Å².